The molecule has 0 aliphatic rings. The molecule has 0 bridgehead atoms. The van der Waals surface area contributed by atoms with Gasteiger partial charge in [0.25, 0.3) is 10.0 Å². The van der Waals surface area contributed by atoms with Crippen LogP contribution in [0.25, 0.3) is 0 Å². The third-order valence-electron chi connectivity index (χ3n) is 6.56. The van der Waals surface area contributed by atoms with Gasteiger partial charge in [-0.25, -0.2) is 12.8 Å². The fraction of sp³-hybridized carbons (Fsp3) is 0.310. The van der Waals surface area contributed by atoms with Gasteiger partial charge in [0.15, 0.2) is 0 Å². The molecule has 40 heavy (non-hydrogen) atoms. The minimum Gasteiger partial charge on any atom is -0.352 e. The van der Waals surface area contributed by atoms with E-state index in [-0.39, 0.29) is 23.2 Å². The smallest absolute Gasteiger partial charge is 0.264 e. The highest BCUT2D eigenvalue weighted by Crippen LogP contribution is 2.28. The van der Waals surface area contributed by atoms with Crippen LogP contribution in [-0.4, -0.2) is 43.8 Å². The lowest BCUT2D eigenvalue weighted by Gasteiger charge is -2.33. The van der Waals surface area contributed by atoms with Gasteiger partial charge in [0.05, 0.1) is 10.6 Å². The van der Waals surface area contributed by atoms with Crippen LogP contribution >= 0.6 is 23.2 Å². The molecule has 0 saturated heterocycles. The molecule has 3 aromatic carbocycles. The number of halogens is 3. The van der Waals surface area contributed by atoms with Gasteiger partial charge < -0.3 is 10.2 Å². The normalized spacial score (nSPS) is 12.9. The molecule has 0 aliphatic heterocycles. The van der Waals surface area contributed by atoms with Crippen molar-refractivity contribution < 1.29 is 22.4 Å². The molecule has 0 heterocycles. The maximum atomic E-state index is 13.9. The predicted octanol–water partition coefficient (Wildman–Crippen LogP) is 5.97. The Kier molecular flexibility index (Phi) is 10.6. The molecule has 11 heteroatoms. The number of sulfonamides is 1. The maximum Gasteiger partial charge on any atom is 0.264 e. The van der Waals surface area contributed by atoms with E-state index in [1.54, 1.807) is 49.4 Å². The molecule has 7 nitrogen and oxygen atoms in total. The number of hydrogen-bond acceptors (Lipinski definition) is 4. The van der Waals surface area contributed by atoms with Gasteiger partial charge in [0.2, 0.25) is 11.8 Å². The Morgan fingerprint density at radius 2 is 1.52 bits per heavy atom. The molecular formula is C29H32Cl2FN3O4S. The maximum absolute atomic E-state index is 13.9. The Morgan fingerprint density at radius 1 is 0.950 bits per heavy atom. The van der Waals surface area contributed by atoms with Crippen molar-refractivity contribution in [3.63, 3.8) is 0 Å². The van der Waals surface area contributed by atoms with E-state index in [1.807, 2.05) is 20.8 Å². The van der Waals surface area contributed by atoms with Crippen molar-refractivity contribution in [1.82, 2.24) is 10.2 Å². The molecule has 214 valence electrons. The SMILES string of the molecule is CC[C@H](C)NC(=O)[C@H](C)N(Cc1c(Cl)cccc1Cl)C(=O)CN(c1ccc(C)cc1)S(=O)(=O)c1ccc(F)cc1. The quantitative estimate of drug-likeness (QED) is 0.291. The molecule has 0 aromatic heterocycles. The zero-order valence-electron chi connectivity index (χ0n) is 22.7. The van der Waals surface area contributed by atoms with E-state index in [2.05, 4.69) is 5.32 Å². The minimum absolute atomic E-state index is 0.134. The average Bonchev–Trinajstić information content (AvgIpc) is 2.91. The Labute approximate surface area is 244 Å². The first-order chi connectivity index (χ1) is 18.8. The number of nitrogens with one attached hydrogen (secondary N) is 1. The fourth-order valence-corrected chi connectivity index (χ4v) is 5.81. The monoisotopic (exact) mass is 607 g/mol. The standard InChI is InChI=1S/C29H32Cl2FN3O4S/c1-5-20(3)33-29(37)21(4)34(17-25-26(30)7-6-8-27(25)31)28(36)18-35(23-13-9-19(2)10-14-23)40(38,39)24-15-11-22(32)12-16-24/h6-16,20-21H,5,17-18H2,1-4H3,(H,33,37)/t20-,21-/m0/s1. The molecule has 0 fully saturated rings. The van der Waals surface area contributed by atoms with Crippen molar-refractivity contribution in [2.45, 2.75) is 57.6 Å². The van der Waals surface area contributed by atoms with Crippen molar-refractivity contribution in [3.05, 3.63) is 93.7 Å². The van der Waals surface area contributed by atoms with Gasteiger partial charge in [-0.1, -0.05) is 53.9 Å². The summed E-state index contributed by atoms with van der Waals surface area (Å²) in [7, 11) is -4.30. The van der Waals surface area contributed by atoms with Gasteiger partial charge in [-0.05, 0) is 75.7 Å². The lowest BCUT2D eigenvalue weighted by molar-refractivity contribution is -0.139. The first-order valence-electron chi connectivity index (χ1n) is 12.7. The number of carbonyl (C=O) groups is 2. The van der Waals surface area contributed by atoms with Gasteiger partial charge in [-0.3, -0.25) is 13.9 Å². The van der Waals surface area contributed by atoms with Crippen molar-refractivity contribution in [1.29, 1.82) is 0 Å². The minimum atomic E-state index is -4.30. The number of hydrogen-bond donors (Lipinski definition) is 1. The van der Waals surface area contributed by atoms with Gasteiger partial charge in [0, 0.05) is 28.2 Å². The molecule has 0 radical (unpaired) electrons. The fourth-order valence-electron chi connectivity index (χ4n) is 3.88. The van der Waals surface area contributed by atoms with Crippen molar-refractivity contribution >= 4 is 50.7 Å². The van der Waals surface area contributed by atoms with Crippen molar-refractivity contribution in [3.8, 4) is 0 Å². The van der Waals surface area contributed by atoms with E-state index in [1.165, 1.54) is 4.90 Å². The summed E-state index contributed by atoms with van der Waals surface area (Å²) in [6.45, 7) is 6.40. The molecule has 3 rings (SSSR count). The average molecular weight is 609 g/mol. The van der Waals surface area contributed by atoms with E-state index in [9.17, 15) is 22.4 Å². The Bertz CT molecular complexity index is 1430. The van der Waals surface area contributed by atoms with E-state index in [0.29, 0.717) is 22.0 Å². The molecule has 0 spiro atoms. The number of anilines is 1. The summed E-state index contributed by atoms with van der Waals surface area (Å²) in [6, 6.07) is 14.7. The van der Waals surface area contributed by atoms with Gasteiger partial charge >= 0.3 is 0 Å². The molecule has 2 atom stereocenters. The van der Waals surface area contributed by atoms with Crippen LogP contribution in [0, 0.1) is 12.7 Å². The van der Waals surface area contributed by atoms with Crippen LogP contribution in [0.5, 0.6) is 0 Å². The molecule has 3 aromatic rings. The number of amides is 2. The second-order valence-electron chi connectivity index (χ2n) is 9.52. The van der Waals surface area contributed by atoms with Crippen molar-refractivity contribution in [2.24, 2.45) is 0 Å². The lowest BCUT2D eigenvalue weighted by atomic mass is 10.1. The van der Waals surface area contributed by atoms with E-state index in [4.69, 9.17) is 23.2 Å². The molecule has 2 amide bonds. The highest BCUT2D eigenvalue weighted by Gasteiger charge is 2.33. The van der Waals surface area contributed by atoms with Crippen molar-refractivity contribution in [2.75, 3.05) is 10.8 Å². The molecule has 0 unspecified atom stereocenters. The summed E-state index contributed by atoms with van der Waals surface area (Å²) in [4.78, 5) is 28.1. The van der Waals surface area contributed by atoms with Crippen LogP contribution in [0.1, 0.15) is 38.3 Å². The van der Waals surface area contributed by atoms with Crippen LogP contribution in [0.3, 0.4) is 0 Å². The molecule has 0 saturated carbocycles. The predicted molar refractivity (Wildman–Crippen MR) is 156 cm³/mol. The second-order valence-corrected chi connectivity index (χ2v) is 12.2. The van der Waals surface area contributed by atoms with Crippen LogP contribution in [0.2, 0.25) is 10.0 Å². The van der Waals surface area contributed by atoms with Crippen LogP contribution in [-0.2, 0) is 26.2 Å². The van der Waals surface area contributed by atoms with Gasteiger partial charge in [-0.15, -0.1) is 0 Å². The number of rotatable bonds is 11. The molecule has 1 N–H and O–H groups in total. The summed E-state index contributed by atoms with van der Waals surface area (Å²) in [5.74, 6) is -1.66. The zero-order valence-corrected chi connectivity index (χ0v) is 25.0. The number of nitrogens with zero attached hydrogens (tertiary/aromatic N) is 2. The summed E-state index contributed by atoms with van der Waals surface area (Å²) >= 11 is 12.8. The highest BCUT2D eigenvalue weighted by molar-refractivity contribution is 7.92. The second kappa shape index (κ2) is 13.5. The number of benzene rings is 3. The Hall–Kier alpha value is -3.14. The van der Waals surface area contributed by atoms with Gasteiger partial charge in [-0.2, -0.15) is 0 Å². The Balaban J connectivity index is 2.06. The summed E-state index contributed by atoms with van der Waals surface area (Å²) in [5, 5.41) is 3.47. The largest absolute Gasteiger partial charge is 0.352 e. The zero-order chi connectivity index (χ0) is 29.6. The van der Waals surface area contributed by atoms with E-state index < -0.39 is 40.2 Å². The number of aryl methyl sites for hydroxylation is 1. The summed E-state index contributed by atoms with van der Waals surface area (Å²) in [6.07, 6.45) is 0.680. The first-order valence-corrected chi connectivity index (χ1v) is 14.9. The summed E-state index contributed by atoms with van der Waals surface area (Å²) in [5.41, 5.74) is 1.54. The van der Waals surface area contributed by atoms with Gasteiger partial charge in [0.1, 0.15) is 18.4 Å². The summed E-state index contributed by atoms with van der Waals surface area (Å²) < 4.78 is 42.0. The third kappa shape index (κ3) is 7.53. The third-order valence-corrected chi connectivity index (χ3v) is 9.06. The van der Waals surface area contributed by atoms with Crippen LogP contribution < -0.4 is 9.62 Å². The molecule has 0 aliphatic carbocycles. The van der Waals surface area contributed by atoms with Crippen LogP contribution in [0.4, 0.5) is 10.1 Å². The number of carbonyl (C=O) groups excluding carboxylic acids is 2. The molecular weight excluding hydrogens is 576 g/mol. The van der Waals surface area contributed by atoms with Crippen LogP contribution in [0.15, 0.2) is 71.6 Å². The first kappa shape index (κ1) is 31.4. The highest BCUT2D eigenvalue weighted by atomic mass is 35.5. The Morgan fingerprint density at radius 3 is 2.08 bits per heavy atom. The van der Waals surface area contributed by atoms with E-state index in [0.717, 1.165) is 34.1 Å². The topological polar surface area (TPSA) is 86.8 Å². The lowest BCUT2D eigenvalue weighted by Crippen LogP contribution is -2.52. The van der Waals surface area contributed by atoms with E-state index >= 15 is 0 Å².